The van der Waals surface area contributed by atoms with Crippen LogP contribution in [0.4, 0.5) is 5.69 Å². The Morgan fingerprint density at radius 3 is 2.46 bits per heavy atom. The van der Waals surface area contributed by atoms with Crippen molar-refractivity contribution in [3.05, 3.63) is 39.7 Å². The zero-order valence-corrected chi connectivity index (χ0v) is 17.2. The van der Waals surface area contributed by atoms with E-state index in [9.17, 15) is 14.7 Å². The number of nitrogens with zero attached hydrogens (tertiary/aromatic N) is 3. The van der Waals surface area contributed by atoms with E-state index >= 15 is 0 Å². The summed E-state index contributed by atoms with van der Waals surface area (Å²) in [6.45, 7) is 6.52. The molecule has 28 heavy (non-hydrogen) atoms. The van der Waals surface area contributed by atoms with E-state index in [1.165, 1.54) is 0 Å². The predicted octanol–water partition coefficient (Wildman–Crippen LogP) is 2.79. The lowest BCUT2D eigenvalue weighted by atomic mass is 10.0. The zero-order chi connectivity index (χ0) is 21.0. The number of rotatable bonds is 4. The quantitative estimate of drug-likeness (QED) is 0.549. The summed E-state index contributed by atoms with van der Waals surface area (Å²) >= 11 is 0. The number of phenols is 1. The fraction of sp³-hybridized carbons (Fsp3) is 0.381. The monoisotopic (exact) mass is 385 g/mol. The predicted molar refractivity (Wildman–Crippen MR) is 113 cm³/mol. The normalized spacial score (nSPS) is 10.6. The minimum Gasteiger partial charge on any atom is -0.507 e. The van der Waals surface area contributed by atoms with Crippen molar-refractivity contribution in [2.45, 2.75) is 27.3 Å². The maximum absolute atomic E-state index is 12.9. The van der Waals surface area contributed by atoms with Crippen LogP contribution < -0.4 is 10.3 Å². The fourth-order valence-electron chi connectivity index (χ4n) is 3.24. The highest BCUT2D eigenvalue weighted by molar-refractivity contribution is 6.03. The molecule has 2 heterocycles. The van der Waals surface area contributed by atoms with Crippen LogP contribution in [-0.2, 0) is 16.1 Å². The molecule has 1 N–H and O–H groups in total. The molecule has 0 aliphatic carbocycles. The number of anilines is 1. The lowest BCUT2D eigenvalue weighted by Crippen LogP contribution is -2.19. The van der Waals surface area contributed by atoms with Gasteiger partial charge in [-0.2, -0.15) is 0 Å². The molecule has 0 amide bonds. The van der Waals surface area contributed by atoms with E-state index in [0.717, 1.165) is 29.8 Å². The summed E-state index contributed by atoms with van der Waals surface area (Å²) in [4.78, 5) is 30.6. The van der Waals surface area contributed by atoms with E-state index in [4.69, 9.17) is 0 Å². The van der Waals surface area contributed by atoms with E-state index in [0.29, 0.717) is 16.6 Å². The second kappa shape index (κ2) is 8.84. The number of benzene rings is 1. The van der Waals surface area contributed by atoms with Gasteiger partial charge in [0, 0.05) is 33.5 Å². The van der Waals surface area contributed by atoms with Crippen LogP contribution >= 0.6 is 0 Å². The Labute approximate surface area is 164 Å². The van der Waals surface area contributed by atoms with Crippen molar-refractivity contribution in [1.82, 2.24) is 9.55 Å². The van der Waals surface area contributed by atoms with Crippen molar-refractivity contribution >= 4 is 33.9 Å². The first-order chi connectivity index (χ1) is 13.3. The molecule has 1 aromatic carbocycles. The summed E-state index contributed by atoms with van der Waals surface area (Å²) in [5.41, 5.74) is 3.05. The van der Waals surface area contributed by atoms with Gasteiger partial charge in [0.1, 0.15) is 17.7 Å². The lowest BCUT2D eigenvalue weighted by molar-refractivity contribution is -0.108. The number of phenolic OH excluding ortho intramolecular Hbond substituents is 1. The molecule has 0 fully saturated rings. The molecular formula is C21H27N3O4. The van der Waals surface area contributed by atoms with Gasteiger partial charge in [-0.3, -0.25) is 4.79 Å². The summed E-state index contributed by atoms with van der Waals surface area (Å²) in [6, 6.07) is 5.02. The molecule has 0 saturated heterocycles. The minimum absolute atomic E-state index is 0.0491. The highest BCUT2D eigenvalue weighted by Crippen LogP contribution is 2.35. The summed E-state index contributed by atoms with van der Waals surface area (Å²) in [6.07, 6.45) is 0.770. The molecule has 3 aromatic rings. The molecule has 0 saturated carbocycles. The van der Waals surface area contributed by atoms with E-state index in [2.05, 4.69) is 9.72 Å². The first kappa shape index (κ1) is 21.4. The fourth-order valence-corrected chi connectivity index (χ4v) is 3.24. The molecule has 0 spiro atoms. The van der Waals surface area contributed by atoms with Gasteiger partial charge in [0.2, 0.25) is 5.43 Å². The lowest BCUT2D eigenvalue weighted by Gasteiger charge is -2.22. The highest BCUT2D eigenvalue weighted by atomic mass is 16.5. The second-order valence-electron chi connectivity index (χ2n) is 6.69. The second-order valence-corrected chi connectivity index (χ2v) is 6.69. The molecule has 3 rings (SSSR count). The van der Waals surface area contributed by atoms with Crippen LogP contribution in [0.25, 0.3) is 21.9 Å². The van der Waals surface area contributed by atoms with Gasteiger partial charge >= 0.3 is 0 Å². The Morgan fingerprint density at radius 2 is 1.93 bits per heavy atom. The number of methoxy groups -OCH3 is 1. The molecule has 0 radical (unpaired) electrons. The smallest absolute Gasteiger partial charge is 0.202 e. The van der Waals surface area contributed by atoms with Crippen LogP contribution in [0.1, 0.15) is 18.2 Å². The first-order valence-electron chi connectivity index (χ1n) is 9.04. The molecule has 7 nitrogen and oxygen atoms in total. The van der Waals surface area contributed by atoms with Gasteiger partial charge in [-0.1, -0.05) is 0 Å². The van der Waals surface area contributed by atoms with Gasteiger partial charge in [-0.05, 0) is 44.5 Å². The third-order valence-corrected chi connectivity index (χ3v) is 4.45. The molecule has 150 valence electrons. The van der Waals surface area contributed by atoms with Gasteiger partial charge < -0.3 is 24.1 Å². The van der Waals surface area contributed by atoms with Crippen molar-refractivity contribution in [3.63, 3.8) is 0 Å². The Bertz CT molecular complexity index is 1070. The first-order valence-corrected chi connectivity index (χ1v) is 9.04. The van der Waals surface area contributed by atoms with Gasteiger partial charge in [0.15, 0.2) is 0 Å². The average Bonchev–Trinajstić information content (AvgIpc) is 2.64. The SMILES string of the molecule is CCOC.Cc1ccc2c(=O)c3c(O)cc(C)c(N(C)C)c3n(CC=O)c2n1. The van der Waals surface area contributed by atoms with E-state index in [1.807, 2.05) is 39.8 Å². The third-order valence-electron chi connectivity index (χ3n) is 4.45. The number of aldehydes is 1. The molecular weight excluding hydrogens is 358 g/mol. The molecule has 0 atom stereocenters. The number of fused-ring (bicyclic) bond motifs is 2. The number of hydrogen-bond donors (Lipinski definition) is 1. The highest BCUT2D eigenvalue weighted by Gasteiger charge is 2.20. The number of aromatic nitrogens is 2. The number of aromatic hydroxyl groups is 1. The maximum atomic E-state index is 12.9. The maximum Gasteiger partial charge on any atom is 0.202 e. The number of ether oxygens (including phenoxy) is 1. The molecule has 0 aliphatic heterocycles. The van der Waals surface area contributed by atoms with Gasteiger partial charge in [-0.25, -0.2) is 4.98 Å². The van der Waals surface area contributed by atoms with Crippen LogP contribution in [-0.4, -0.2) is 48.8 Å². The van der Waals surface area contributed by atoms with Crippen LogP contribution in [0.3, 0.4) is 0 Å². The van der Waals surface area contributed by atoms with E-state index in [-0.39, 0.29) is 23.1 Å². The van der Waals surface area contributed by atoms with Crippen molar-refractivity contribution in [3.8, 4) is 5.75 Å². The zero-order valence-electron chi connectivity index (χ0n) is 17.2. The van der Waals surface area contributed by atoms with E-state index in [1.54, 1.807) is 29.9 Å². The Hall–Kier alpha value is -2.93. The van der Waals surface area contributed by atoms with Crippen molar-refractivity contribution in [2.24, 2.45) is 0 Å². The van der Waals surface area contributed by atoms with Crippen LogP contribution in [0.2, 0.25) is 0 Å². The average molecular weight is 385 g/mol. The number of carbonyl (C=O) groups is 1. The van der Waals surface area contributed by atoms with Crippen LogP contribution in [0.5, 0.6) is 5.75 Å². The van der Waals surface area contributed by atoms with Crippen molar-refractivity contribution in [2.75, 3.05) is 32.7 Å². The number of aryl methyl sites for hydroxylation is 2. The molecule has 2 aromatic heterocycles. The summed E-state index contributed by atoms with van der Waals surface area (Å²) in [7, 11) is 5.41. The molecule has 0 aliphatic rings. The van der Waals surface area contributed by atoms with Gasteiger partial charge in [0.05, 0.1) is 28.5 Å². The number of pyridine rings is 2. The van der Waals surface area contributed by atoms with Crippen LogP contribution in [0.15, 0.2) is 23.0 Å². The number of carbonyl (C=O) groups excluding carboxylic acids is 1. The largest absolute Gasteiger partial charge is 0.507 e. The Kier molecular flexibility index (Phi) is 6.75. The number of hydrogen-bond acceptors (Lipinski definition) is 6. The van der Waals surface area contributed by atoms with Gasteiger partial charge in [-0.15, -0.1) is 0 Å². The Balaban J connectivity index is 0.000000640. The summed E-state index contributed by atoms with van der Waals surface area (Å²) < 4.78 is 6.24. The standard InChI is InChI=1S/C18H19N3O3.C3H8O/c1-10-9-13(23)14-16(15(10)20(3)4)21(7-8-22)18-12(17(14)24)6-5-11(2)19-18;1-3-4-2/h5-6,8-9,23H,7H2,1-4H3;3H2,1-2H3. The van der Waals surface area contributed by atoms with Crippen molar-refractivity contribution in [1.29, 1.82) is 0 Å². The third kappa shape index (κ3) is 3.84. The van der Waals surface area contributed by atoms with E-state index < -0.39 is 0 Å². The molecule has 0 bridgehead atoms. The van der Waals surface area contributed by atoms with Crippen LogP contribution in [0, 0.1) is 13.8 Å². The Morgan fingerprint density at radius 1 is 1.29 bits per heavy atom. The van der Waals surface area contributed by atoms with Crippen molar-refractivity contribution < 1.29 is 14.6 Å². The summed E-state index contributed by atoms with van der Waals surface area (Å²) in [5.74, 6) is -0.0831. The molecule has 0 unspecified atom stereocenters. The minimum atomic E-state index is -0.282. The molecule has 7 heteroatoms. The summed E-state index contributed by atoms with van der Waals surface area (Å²) in [5, 5.41) is 11.0. The topological polar surface area (TPSA) is 84.7 Å². The van der Waals surface area contributed by atoms with Gasteiger partial charge in [0.25, 0.3) is 0 Å².